The van der Waals surface area contributed by atoms with Crippen LogP contribution in [-0.4, -0.2) is 35.5 Å². The quantitative estimate of drug-likeness (QED) is 0.883. The van der Waals surface area contributed by atoms with Crippen LogP contribution in [-0.2, 0) is 11.3 Å². The number of amides is 3. The number of benzene rings is 1. The van der Waals surface area contributed by atoms with Gasteiger partial charge < -0.3 is 15.5 Å². The number of hydrogen-bond donors (Lipinski definition) is 2. The molecule has 1 aliphatic carbocycles. The van der Waals surface area contributed by atoms with Gasteiger partial charge in [-0.1, -0.05) is 50.1 Å². The molecule has 1 aromatic rings. The average molecular weight is 343 g/mol. The third kappa shape index (κ3) is 4.53. The zero-order valence-electron chi connectivity index (χ0n) is 15.0. The molecule has 3 unspecified atom stereocenters. The summed E-state index contributed by atoms with van der Waals surface area (Å²) in [5.74, 6) is 0.547. The first kappa shape index (κ1) is 17.8. The molecular formula is C20H29N3O2. The van der Waals surface area contributed by atoms with Gasteiger partial charge in [0.1, 0.15) is 6.04 Å². The number of carbonyl (C=O) groups is 2. The van der Waals surface area contributed by atoms with E-state index in [1.165, 1.54) is 19.3 Å². The van der Waals surface area contributed by atoms with E-state index in [2.05, 4.69) is 17.6 Å². The van der Waals surface area contributed by atoms with Crippen LogP contribution >= 0.6 is 0 Å². The molecule has 0 spiro atoms. The predicted molar refractivity (Wildman–Crippen MR) is 98.0 cm³/mol. The number of nitrogens with one attached hydrogen (secondary N) is 2. The Balaban J connectivity index is 1.54. The maximum absolute atomic E-state index is 12.7. The van der Waals surface area contributed by atoms with Gasteiger partial charge in [-0.3, -0.25) is 4.79 Å². The van der Waals surface area contributed by atoms with E-state index in [9.17, 15) is 9.59 Å². The Morgan fingerprint density at radius 2 is 1.84 bits per heavy atom. The van der Waals surface area contributed by atoms with Gasteiger partial charge in [0.2, 0.25) is 5.91 Å². The molecule has 1 aromatic carbocycles. The molecule has 5 heteroatoms. The zero-order chi connectivity index (χ0) is 17.6. The van der Waals surface area contributed by atoms with Crippen molar-refractivity contribution in [2.45, 2.75) is 64.1 Å². The molecule has 0 bridgehead atoms. The van der Waals surface area contributed by atoms with Crippen LogP contribution in [0, 0.1) is 5.92 Å². The molecule has 1 saturated heterocycles. The predicted octanol–water partition coefficient (Wildman–Crippen LogP) is 3.06. The van der Waals surface area contributed by atoms with Gasteiger partial charge in [-0.25, -0.2) is 4.79 Å². The molecule has 3 atom stereocenters. The third-order valence-corrected chi connectivity index (χ3v) is 5.54. The molecular weight excluding hydrogens is 314 g/mol. The SMILES string of the molecule is CC1CCCCC1NC(=O)C1CCCN1C(=O)NCc1ccccc1. The first-order valence-electron chi connectivity index (χ1n) is 9.54. The second kappa shape index (κ2) is 8.37. The van der Waals surface area contributed by atoms with Gasteiger partial charge in [-0.15, -0.1) is 0 Å². The zero-order valence-corrected chi connectivity index (χ0v) is 15.0. The maximum atomic E-state index is 12.7. The van der Waals surface area contributed by atoms with Crippen molar-refractivity contribution in [1.82, 2.24) is 15.5 Å². The van der Waals surface area contributed by atoms with Crippen LogP contribution < -0.4 is 10.6 Å². The standard InChI is InChI=1S/C20H29N3O2/c1-15-8-5-6-11-17(15)22-19(24)18-12-7-13-23(18)20(25)21-14-16-9-3-2-4-10-16/h2-4,9-10,15,17-18H,5-8,11-14H2,1H3,(H,21,25)(H,22,24). The van der Waals surface area contributed by atoms with Crippen LogP contribution in [0.1, 0.15) is 51.0 Å². The Morgan fingerprint density at radius 1 is 1.08 bits per heavy atom. The topological polar surface area (TPSA) is 61.4 Å². The Hall–Kier alpha value is -2.04. The van der Waals surface area contributed by atoms with Crippen LogP contribution in [0.25, 0.3) is 0 Å². The maximum Gasteiger partial charge on any atom is 0.318 e. The highest BCUT2D eigenvalue weighted by Crippen LogP contribution is 2.25. The summed E-state index contributed by atoms with van der Waals surface area (Å²) in [7, 11) is 0. The first-order valence-corrected chi connectivity index (χ1v) is 9.54. The van der Waals surface area contributed by atoms with Crippen LogP contribution in [0.4, 0.5) is 4.79 Å². The molecule has 3 amide bonds. The van der Waals surface area contributed by atoms with Crippen molar-refractivity contribution >= 4 is 11.9 Å². The molecule has 25 heavy (non-hydrogen) atoms. The number of urea groups is 1. The number of hydrogen-bond acceptors (Lipinski definition) is 2. The molecule has 1 heterocycles. The Labute approximate surface area is 150 Å². The molecule has 3 rings (SSSR count). The van der Waals surface area contributed by atoms with E-state index in [-0.39, 0.29) is 24.0 Å². The monoisotopic (exact) mass is 343 g/mol. The van der Waals surface area contributed by atoms with Crippen LogP contribution in [0.3, 0.4) is 0 Å². The van der Waals surface area contributed by atoms with Gasteiger partial charge in [0, 0.05) is 19.1 Å². The van der Waals surface area contributed by atoms with Crippen molar-refractivity contribution < 1.29 is 9.59 Å². The summed E-state index contributed by atoms with van der Waals surface area (Å²) in [6, 6.07) is 9.63. The second-order valence-electron chi connectivity index (χ2n) is 7.37. The lowest BCUT2D eigenvalue weighted by Crippen LogP contribution is -2.52. The molecule has 136 valence electrons. The Morgan fingerprint density at radius 3 is 2.60 bits per heavy atom. The molecule has 1 aliphatic heterocycles. The van der Waals surface area contributed by atoms with Crippen molar-refractivity contribution in [3.05, 3.63) is 35.9 Å². The average Bonchev–Trinajstić information content (AvgIpc) is 3.12. The summed E-state index contributed by atoms with van der Waals surface area (Å²) in [6.07, 6.45) is 6.31. The molecule has 2 fully saturated rings. The lowest BCUT2D eigenvalue weighted by Gasteiger charge is -2.32. The van der Waals surface area contributed by atoms with E-state index in [0.29, 0.717) is 19.0 Å². The van der Waals surface area contributed by atoms with Gasteiger partial charge in [0.05, 0.1) is 0 Å². The van der Waals surface area contributed by atoms with E-state index >= 15 is 0 Å². The summed E-state index contributed by atoms with van der Waals surface area (Å²) >= 11 is 0. The largest absolute Gasteiger partial charge is 0.351 e. The molecule has 2 N–H and O–H groups in total. The Kier molecular flexibility index (Phi) is 5.95. The number of nitrogens with zero attached hydrogens (tertiary/aromatic N) is 1. The van der Waals surface area contributed by atoms with Crippen molar-refractivity contribution in [2.75, 3.05) is 6.54 Å². The van der Waals surface area contributed by atoms with Crippen molar-refractivity contribution in [2.24, 2.45) is 5.92 Å². The van der Waals surface area contributed by atoms with Gasteiger partial charge in [0.15, 0.2) is 0 Å². The van der Waals surface area contributed by atoms with Crippen LogP contribution in [0.15, 0.2) is 30.3 Å². The Bertz CT molecular complexity index is 590. The minimum absolute atomic E-state index is 0.0195. The second-order valence-corrected chi connectivity index (χ2v) is 7.37. The highest BCUT2D eigenvalue weighted by Gasteiger charge is 2.35. The fraction of sp³-hybridized carbons (Fsp3) is 0.600. The number of likely N-dealkylation sites (tertiary alicyclic amines) is 1. The van der Waals surface area contributed by atoms with Crippen molar-refractivity contribution in [3.63, 3.8) is 0 Å². The van der Waals surface area contributed by atoms with E-state index in [1.54, 1.807) is 4.90 Å². The lowest BCUT2D eigenvalue weighted by atomic mass is 9.86. The van der Waals surface area contributed by atoms with Crippen LogP contribution in [0.5, 0.6) is 0 Å². The van der Waals surface area contributed by atoms with Gasteiger partial charge >= 0.3 is 6.03 Å². The summed E-state index contributed by atoms with van der Waals surface area (Å²) in [5.41, 5.74) is 1.06. The van der Waals surface area contributed by atoms with E-state index < -0.39 is 0 Å². The van der Waals surface area contributed by atoms with Crippen molar-refractivity contribution in [3.8, 4) is 0 Å². The summed E-state index contributed by atoms with van der Waals surface area (Å²) < 4.78 is 0. The van der Waals surface area contributed by atoms with E-state index in [1.807, 2.05) is 30.3 Å². The first-order chi connectivity index (χ1) is 12.1. The van der Waals surface area contributed by atoms with Gasteiger partial charge in [0.25, 0.3) is 0 Å². The number of rotatable bonds is 4. The summed E-state index contributed by atoms with van der Waals surface area (Å²) in [5, 5.41) is 6.15. The molecule has 0 aromatic heterocycles. The smallest absolute Gasteiger partial charge is 0.318 e. The highest BCUT2D eigenvalue weighted by molar-refractivity contribution is 5.87. The highest BCUT2D eigenvalue weighted by atomic mass is 16.2. The minimum atomic E-state index is -0.329. The van der Waals surface area contributed by atoms with Gasteiger partial charge in [-0.05, 0) is 37.2 Å². The van der Waals surface area contributed by atoms with Crippen molar-refractivity contribution in [1.29, 1.82) is 0 Å². The van der Waals surface area contributed by atoms with Crippen LogP contribution in [0.2, 0.25) is 0 Å². The molecule has 0 radical (unpaired) electrons. The third-order valence-electron chi connectivity index (χ3n) is 5.54. The lowest BCUT2D eigenvalue weighted by molar-refractivity contribution is -0.126. The minimum Gasteiger partial charge on any atom is -0.351 e. The summed E-state index contributed by atoms with van der Waals surface area (Å²) in [4.78, 5) is 26.9. The molecule has 2 aliphatic rings. The summed E-state index contributed by atoms with van der Waals surface area (Å²) in [6.45, 7) is 3.35. The molecule has 1 saturated carbocycles. The fourth-order valence-corrected chi connectivity index (χ4v) is 3.97. The normalized spacial score (nSPS) is 26.3. The van der Waals surface area contributed by atoms with E-state index in [4.69, 9.17) is 0 Å². The number of carbonyl (C=O) groups excluding carboxylic acids is 2. The van der Waals surface area contributed by atoms with Gasteiger partial charge in [-0.2, -0.15) is 0 Å². The fourth-order valence-electron chi connectivity index (χ4n) is 3.97. The molecule has 5 nitrogen and oxygen atoms in total. The van der Waals surface area contributed by atoms with E-state index in [0.717, 1.165) is 24.8 Å².